The van der Waals surface area contributed by atoms with Crippen molar-refractivity contribution < 1.29 is 14.3 Å². The fourth-order valence-electron chi connectivity index (χ4n) is 2.86. The van der Waals surface area contributed by atoms with E-state index in [1.54, 1.807) is 0 Å². The normalized spacial score (nSPS) is 17.7. The Kier molecular flexibility index (Phi) is 6.63. The molecule has 1 aromatic carbocycles. The van der Waals surface area contributed by atoms with Crippen molar-refractivity contribution in [3.05, 3.63) is 29.8 Å². The summed E-state index contributed by atoms with van der Waals surface area (Å²) in [4.78, 5) is 14.2. The zero-order chi connectivity index (χ0) is 17.6. The van der Waals surface area contributed by atoms with E-state index in [4.69, 9.17) is 9.47 Å². The van der Waals surface area contributed by atoms with Gasteiger partial charge in [0.25, 0.3) is 0 Å². The van der Waals surface area contributed by atoms with Crippen molar-refractivity contribution >= 4 is 5.91 Å². The molecule has 0 saturated carbocycles. The van der Waals surface area contributed by atoms with Crippen LogP contribution in [0.1, 0.15) is 33.3 Å². The van der Waals surface area contributed by atoms with Crippen LogP contribution in [0, 0.1) is 0 Å². The Hall–Kier alpha value is -1.59. The summed E-state index contributed by atoms with van der Waals surface area (Å²) in [6.07, 6.45) is 1.00. The lowest BCUT2D eigenvalue weighted by molar-refractivity contribution is -0.127. The number of nitrogens with one attached hydrogen (secondary N) is 1. The van der Waals surface area contributed by atoms with Gasteiger partial charge >= 0.3 is 0 Å². The molecule has 2 rings (SSSR count). The molecule has 0 bridgehead atoms. The van der Waals surface area contributed by atoms with Gasteiger partial charge in [0.15, 0.2) is 0 Å². The van der Waals surface area contributed by atoms with Crippen LogP contribution in [0.2, 0.25) is 0 Å². The fourth-order valence-corrected chi connectivity index (χ4v) is 2.86. The summed E-state index contributed by atoms with van der Waals surface area (Å²) in [5.41, 5.74) is 1.03. The number of rotatable bonds is 7. The molecule has 134 valence electrons. The van der Waals surface area contributed by atoms with E-state index in [1.165, 1.54) is 5.56 Å². The summed E-state index contributed by atoms with van der Waals surface area (Å²) in [6, 6.07) is 8.06. The molecule has 1 saturated heterocycles. The van der Waals surface area contributed by atoms with Gasteiger partial charge in [0.1, 0.15) is 5.75 Å². The predicted octanol–water partition coefficient (Wildman–Crippen LogP) is 2.24. The second-order valence-electron chi connectivity index (χ2n) is 7.23. The number of nitrogens with zero attached hydrogens (tertiary/aromatic N) is 1. The Labute approximate surface area is 145 Å². The van der Waals surface area contributed by atoms with E-state index in [9.17, 15) is 4.79 Å². The van der Waals surface area contributed by atoms with Gasteiger partial charge in [-0.3, -0.25) is 9.69 Å². The summed E-state index contributed by atoms with van der Waals surface area (Å²) < 4.78 is 11.3. The van der Waals surface area contributed by atoms with Crippen LogP contribution in [0.25, 0.3) is 0 Å². The van der Waals surface area contributed by atoms with Crippen molar-refractivity contribution in [2.75, 3.05) is 32.8 Å². The largest absolute Gasteiger partial charge is 0.491 e. The van der Waals surface area contributed by atoms with Crippen molar-refractivity contribution in [1.29, 1.82) is 0 Å². The number of hydrogen-bond acceptors (Lipinski definition) is 4. The lowest BCUT2D eigenvalue weighted by atomic mass is 10.1. The van der Waals surface area contributed by atoms with Gasteiger partial charge < -0.3 is 14.8 Å². The van der Waals surface area contributed by atoms with Gasteiger partial charge in [-0.25, -0.2) is 0 Å². The number of morpholine rings is 1. The molecule has 5 nitrogen and oxygen atoms in total. The predicted molar refractivity (Wildman–Crippen MR) is 95.4 cm³/mol. The third-order valence-corrected chi connectivity index (χ3v) is 3.90. The van der Waals surface area contributed by atoms with E-state index >= 15 is 0 Å². The number of ether oxygens (including phenoxy) is 2. The molecule has 1 N–H and O–H groups in total. The molecule has 24 heavy (non-hydrogen) atoms. The number of hydrogen-bond donors (Lipinski definition) is 1. The summed E-state index contributed by atoms with van der Waals surface area (Å²) >= 11 is 0. The molecule has 1 aromatic rings. The second-order valence-corrected chi connectivity index (χ2v) is 7.23. The van der Waals surface area contributed by atoms with Crippen LogP contribution in [0.15, 0.2) is 24.3 Å². The highest BCUT2D eigenvalue weighted by Gasteiger charge is 2.27. The minimum Gasteiger partial charge on any atom is -0.491 e. The quantitative estimate of drug-likeness (QED) is 0.831. The van der Waals surface area contributed by atoms with E-state index in [0.717, 1.165) is 25.3 Å². The van der Waals surface area contributed by atoms with E-state index in [2.05, 4.69) is 24.1 Å². The zero-order valence-corrected chi connectivity index (χ0v) is 15.3. The molecule has 0 unspecified atom stereocenters. The molecule has 0 atom stereocenters. The van der Waals surface area contributed by atoms with Gasteiger partial charge in [0, 0.05) is 19.6 Å². The van der Waals surface area contributed by atoms with Crippen LogP contribution < -0.4 is 10.1 Å². The SMILES string of the molecule is CC(C)Oc1ccc(CCNC(=O)CN2CCOC(C)(C)C2)cc1. The molecule has 1 amide bonds. The first-order chi connectivity index (χ1) is 11.3. The summed E-state index contributed by atoms with van der Waals surface area (Å²) in [5, 5.41) is 3.00. The highest BCUT2D eigenvalue weighted by atomic mass is 16.5. The van der Waals surface area contributed by atoms with Crippen LogP contribution in [-0.2, 0) is 16.0 Å². The van der Waals surface area contributed by atoms with Gasteiger partial charge in [0.05, 0.1) is 24.9 Å². The van der Waals surface area contributed by atoms with Crippen molar-refractivity contribution in [3.63, 3.8) is 0 Å². The molecule has 1 aliphatic rings. The van der Waals surface area contributed by atoms with E-state index < -0.39 is 0 Å². The number of carbonyl (C=O) groups excluding carboxylic acids is 1. The van der Waals surface area contributed by atoms with Crippen LogP contribution >= 0.6 is 0 Å². The summed E-state index contributed by atoms with van der Waals surface area (Å²) in [6.45, 7) is 11.5. The molecule has 1 heterocycles. The Balaban J connectivity index is 1.69. The van der Waals surface area contributed by atoms with Gasteiger partial charge in [-0.05, 0) is 51.8 Å². The number of carbonyl (C=O) groups is 1. The van der Waals surface area contributed by atoms with Crippen LogP contribution in [0.3, 0.4) is 0 Å². The molecule has 1 aliphatic heterocycles. The lowest BCUT2D eigenvalue weighted by Gasteiger charge is -2.37. The Morgan fingerprint density at radius 2 is 2.04 bits per heavy atom. The standard InChI is InChI=1S/C19H30N2O3/c1-15(2)24-17-7-5-16(6-8-17)9-10-20-18(22)13-21-11-12-23-19(3,4)14-21/h5-8,15H,9-14H2,1-4H3,(H,20,22). The van der Waals surface area contributed by atoms with E-state index in [-0.39, 0.29) is 17.6 Å². The van der Waals surface area contributed by atoms with Crippen molar-refractivity contribution in [3.8, 4) is 5.75 Å². The molecule has 0 aliphatic carbocycles. The molecule has 0 radical (unpaired) electrons. The molecule has 5 heteroatoms. The highest BCUT2D eigenvalue weighted by Crippen LogP contribution is 2.16. The molecular weight excluding hydrogens is 304 g/mol. The number of amides is 1. The monoisotopic (exact) mass is 334 g/mol. The van der Waals surface area contributed by atoms with Crippen molar-refractivity contribution in [2.45, 2.75) is 45.8 Å². The first-order valence-corrected chi connectivity index (χ1v) is 8.73. The van der Waals surface area contributed by atoms with Crippen molar-refractivity contribution in [1.82, 2.24) is 10.2 Å². The lowest BCUT2D eigenvalue weighted by Crippen LogP contribution is -2.51. The zero-order valence-electron chi connectivity index (χ0n) is 15.3. The Morgan fingerprint density at radius 3 is 2.67 bits per heavy atom. The summed E-state index contributed by atoms with van der Waals surface area (Å²) in [7, 11) is 0. The Morgan fingerprint density at radius 1 is 1.33 bits per heavy atom. The topological polar surface area (TPSA) is 50.8 Å². The van der Waals surface area contributed by atoms with Crippen molar-refractivity contribution in [2.24, 2.45) is 0 Å². The third kappa shape index (κ3) is 6.49. The average Bonchev–Trinajstić information content (AvgIpc) is 2.47. The molecule has 1 fully saturated rings. The molecule has 0 spiro atoms. The maximum atomic E-state index is 12.1. The Bertz CT molecular complexity index is 526. The van der Waals surface area contributed by atoms with Gasteiger partial charge in [0.2, 0.25) is 5.91 Å². The minimum absolute atomic E-state index is 0.0764. The maximum Gasteiger partial charge on any atom is 0.234 e. The summed E-state index contributed by atoms with van der Waals surface area (Å²) in [5.74, 6) is 0.958. The third-order valence-electron chi connectivity index (χ3n) is 3.90. The second kappa shape index (κ2) is 8.49. The average molecular weight is 334 g/mol. The van der Waals surface area contributed by atoms with Gasteiger partial charge in [-0.2, -0.15) is 0 Å². The van der Waals surface area contributed by atoms with Crippen LogP contribution in [0.5, 0.6) is 5.75 Å². The first-order valence-electron chi connectivity index (χ1n) is 8.73. The maximum absolute atomic E-state index is 12.1. The number of benzene rings is 1. The van der Waals surface area contributed by atoms with Gasteiger partial charge in [-0.15, -0.1) is 0 Å². The fraction of sp³-hybridized carbons (Fsp3) is 0.632. The first kappa shape index (κ1) is 18.7. The van der Waals surface area contributed by atoms with Crippen LogP contribution in [0.4, 0.5) is 0 Å². The van der Waals surface area contributed by atoms with Gasteiger partial charge in [-0.1, -0.05) is 12.1 Å². The smallest absolute Gasteiger partial charge is 0.234 e. The van der Waals surface area contributed by atoms with E-state index in [1.807, 2.05) is 38.1 Å². The van der Waals surface area contributed by atoms with E-state index in [0.29, 0.717) is 19.7 Å². The highest BCUT2D eigenvalue weighted by molar-refractivity contribution is 5.78. The van der Waals surface area contributed by atoms with Crippen LogP contribution in [-0.4, -0.2) is 55.3 Å². The molecular formula is C19H30N2O3. The molecule has 0 aromatic heterocycles. The minimum atomic E-state index is -0.168.